The summed E-state index contributed by atoms with van der Waals surface area (Å²) in [6.07, 6.45) is 1.38. The summed E-state index contributed by atoms with van der Waals surface area (Å²) < 4.78 is 21.8. The van der Waals surface area contributed by atoms with Gasteiger partial charge in [0.05, 0.1) is 64.8 Å². The van der Waals surface area contributed by atoms with Crippen molar-refractivity contribution in [3.8, 4) is 0 Å². The number of benzene rings is 2. The molecule has 0 aromatic heterocycles. The predicted molar refractivity (Wildman–Crippen MR) is 341 cm³/mol. The topological polar surface area (TPSA) is 363 Å². The molecule has 0 aliphatic heterocycles. The van der Waals surface area contributed by atoms with Gasteiger partial charge < -0.3 is 66.5 Å². The number of hydrogen-bond acceptors (Lipinski definition) is 18. The summed E-state index contributed by atoms with van der Waals surface area (Å²) in [4.78, 5) is 154. The molecule has 2 aromatic carbocycles. The van der Waals surface area contributed by atoms with Gasteiger partial charge in [-0.1, -0.05) is 88.4 Å². The summed E-state index contributed by atoms with van der Waals surface area (Å²) in [7, 11) is 0. The highest BCUT2D eigenvalue weighted by atomic mass is 127. The summed E-state index contributed by atoms with van der Waals surface area (Å²) in [6, 6.07) is 15.5. The fourth-order valence-corrected chi connectivity index (χ4v) is 9.87. The minimum absolute atomic E-state index is 0.00132. The van der Waals surface area contributed by atoms with Crippen LogP contribution in [0.1, 0.15) is 123 Å². The molecule has 2 aromatic rings. The molecule has 2 rings (SSSR count). The Bertz CT molecular complexity index is 2590. The van der Waals surface area contributed by atoms with Crippen LogP contribution in [0.2, 0.25) is 0 Å². The first kappa shape index (κ1) is 79.0. The summed E-state index contributed by atoms with van der Waals surface area (Å²) in [6.45, 7) is 7.72. The number of nitrogens with one attached hydrogen (secondary N) is 6. The van der Waals surface area contributed by atoms with Crippen LogP contribution in [0.4, 0.5) is 0 Å². The molecule has 6 amide bonds. The smallest absolute Gasteiger partial charge is 0.246 e. The van der Waals surface area contributed by atoms with Crippen LogP contribution in [-0.4, -0.2) is 173 Å². The zero-order valence-corrected chi connectivity index (χ0v) is 55.1. The lowest BCUT2D eigenvalue weighted by Gasteiger charge is -2.24. The number of nitrogens with two attached hydrogens (primary N) is 1. The minimum Gasteiger partial charge on any atom is -0.827 e. The molecule has 0 saturated carbocycles. The molecule has 24 nitrogen and oxygen atoms in total. The van der Waals surface area contributed by atoms with Crippen LogP contribution >= 0.6 is 27.9 Å². The molecule has 5 unspecified atom stereocenters. The zero-order valence-electron chi connectivity index (χ0n) is 52.0. The van der Waals surface area contributed by atoms with E-state index in [4.69, 9.17) is 24.7 Å². The molecule has 0 spiro atoms. The van der Waals surface area contributed by atoms with Crippen LogP contribution in [0.15, 0.2) is 60.7 Å². The Balaban J connectivity index is 1.68. The van der Waals surface area contributed by atoms with Crippen LogP contribution in [-0.2, 0) is 89.3 Å². The number of Topliss-reactive ketones (excluding diaryl/α,β-unsaturated/α-hetero) is 6. The molecule has 8 N–H and O–H groups in total. The number of rotatable bonds is 51. The first-order valence-corrected chi connectivity index (χ1v) is 33.9. The Hall–Kier alpha value is -6.06. The van der Waals surface area contributed by atoms with E-state index in [0.29, 0.717) is 25.1 Å². The summed E-state index contributed by atoms with van der Waals surface area (Å²) in [5.74, 6) is -5.84. The van der Waals surface area contributed by atoms with Crippen molar-refractivity contribution in [2.24, 2.45) is 29.4 Å². The van der Waals surface area contributed by atoms with Crippen LogP contribution < -0.4 is 42.7 Å². The number of ketones is 6. The molecule has 0 bridgehead atoms. The highest BCUT2D eigenvalue weighted by Crippen LogP contribution is 2.19. The molecule has 0 radical (unpaired) electrons. The first-order chi connectivity index (χ1) is 42.5. The average molecular weight is 1380 g/mol. The van der Waals surface area contributed by atoms with Crippen LogP contribution in [0.25, 0.3) is 0 Å². The van der Waals surface area contributed by atoms with E-state index in [9.17, 15) is 62.6 Å². The molecule has 0 heterocycles. The highest BCUT2D eigenvalue weighted by molar-refractivity contribution is 14.2. The second-order valence-corrected chi connectivity index (χ2v) is 24.5. The molecular formula is C63H92IN7O17P-. The van der Waals surface area contributed by atoms with Crippen molar-refractivity contribution >= 4 is 104 Å². The largest absolute Gasteiger partial charge is 0.827 e. The lowest BCUT2D eigenvalue weighted by Crippen LogP contribution is -2.49. The standard InChI is InChI=1S/C63H93IN7O17P/c1-42(2)31-53(55(76)21-18-44(5)72)70-61(82)47(33-45-13-8-6-9-14-45)35-50(74)38-67-58(79)40-87-29-27-85-25-12-17-49(73)19-20-52(69-57(78)37-65)63(84)66-24-26-86-28-30-88-41-59(80)68-39-51(75)36-48(34-46-15-10-7-11-16-46)62(83)71-54(32-43(3)4)56(77)22-23-60(81)89-64/h6-11,13-16,42-43,47-48,52-54,81H,12,17-41,65H2,1-5H3,(H,66,84)(H,67,79)(H,68,80)(H,69,78)(H,70,82)(H,71,83)/p-1. The van der Waals surface area contributed by atoms with Crippen LogP contribution in [0.5, 0.6) is 0 Å². The fraction of sp³-hybridized carbons (Fsp3) is 0.603. The first-order valence-electron chi connectivity index (χ1n) is 30.2. The van der Waals surface area contributed by atoms with E-state index < -0.39 is 77.0 Å². The van der Waals surface area contributed by atoms with Gasteiger partial charge in [0.25, 0.3) is 0 Å². The Morgan fingerprint density at radius 1 is 0.517 bits per heavy atom. The maximum atomic E-state index is 13.6. The zero-order chi connectivity index (χ0) is 65.9. The maximum Gasteiger partial charge on any atom is 0.246 e. The summed E-state index contributed by atoms with van der Waals surface area (Å²) >= 11 is 1.92. The molecule has 0 saturated heterocycles. The van der Waals surface area contributed by atoms with E-state index in [1.165, 1.54) is 6.92 Å². The van der Waals surface area contributed by atoms with Gasteiger partial charge in [0.15, 0.2) is 23.1 Å². The van der Waals surface area contributed by atoms with E-state index in [-0.39, 0.29) is 190 Å². The summed E-state index contributed by atoms with van der Waals surface area (Å²) in [5, 5.41) is 27.7. The fourth-order valence-electron chi connectivity index (χ4n) is 8.95. The molecule has 26 heteroatoms. The maximum absolute atomic E-state index is 13.6. The molecular weight excluding hydrogens is 1280 g/mol. The third-order valence-corrected chi connectivity index (χ3v) is 15.6. The lowest BCUT2D eigenvalue weighted by molar-refractivity contribution is -0.212. The Kier molecular flexibility index (Phi) is 41.7. The van der Waals surface area contributed by atoms with Crippen molar-refractivity contribution in [2.75, 3.05) is 79.0 Å². The number of carbonyl (C=O) groups is 12. The van der Waals surface area contributed by atoms with E-state index >= 15 is 0 Å². The van der Waals surface area contributed by atoms with E-state index in [1.807, 2.05) is 110 Å². The molecule has 89 heavy (non-hydrogen) atoms. The molecule has 0 aliphatic carbocycles. The van der Waals surface area contributed by atoms with E-state index in [1.54, 1.807) is 0 Å². The third-order valence-electron chi connectivity index (χ3n) is 13.6. The van der Waals surface area contributed by atoms with Crippen molar-refractivity contribution in [3.05, 3.63) is 71.8 Å². The minimum atomic E-state index is -1.05. The van der Waals surface area contributed by atoms with Crippen LogP contribution in [0.3, 0.4) is 0 Å². The molecule has 494 valence electrons. The van der Waals surface area contributed by atoms with Gasteiger partial charge in [-0.3, -0.25) is 52.7 Å². The monoisotopic (exact) mass is 1380 g/mol. The predicted octanol–water partition coefficient (Wildman–Crippen LogP) is 2.75. The number of hydrogen-bond donors (Lipinski definition) is 7. The number of amides is 6. The number of ether oxygens (including phenoxy) is 4. The van der Waals surface area contributed by atoms with Gasteiger partial charge in [0.1, 0.15) is 30.8 Å². The van der Waals surface area contributed by atoms with Crippen molar-refractivity contribution in [1.82, 2.24) is 31.9 Å². The van der Waals surface area contributed by atoms with E-state index in [2.05, 4.69) is 31.9 Å². The Morgan fingerprint density at radius 3 is 1.43 bits per heavy atom. The molecule has 5 atom stereocenters. The second-order valence-electron chi connectivity index (χ2n) is 22.4. The quantitative estimate of drug-likeness (QED) is 0.0284. The molecule has 0 aliphatic rings. The second kappa shape index (κ2) is 46.9. The normalized spacial score (nSPS) is 13.1. The number of carbonyl (C=O) groups excluding carboxylic acids is 12. The lowest BCUT2D eigenvalue weighted by atomic mass is 9.91. The highest BCUT2D eigenvalue weighted by Gasteiger charge is 2.30. The third kappa shape index (κ3) is 38.3. The van der Waals surface area contributed by atoms with Gasteiger partial charge in [0, 0.05) is 69.9 Å². The van der Waals surface area contributed by atoms with Gasteiger partial charge in [0.2, 0.25) is 35.4 Å². The van der Waals surface area contributed by atoms with Gasteiger partial charge in [-0.25, -0.2) is 0 Å². The van der Waals surface area contributed by atoms with Gasteiger partial charge in [-0.05, 0) is 103 Å². The average Bonchev–Trinajstić information content (AvgIpc) is 3.67. The summed E-state index contributed by atoms with van der Waals surface area (Å²) in [5.41, 5.74) is 6.99. The van der Waals surface area contributed by atoms with Gasteiger partial charge in [-0.2, -0.15) is 0 Å². The van der Waals surface area contributed by atoms with Crippen molar-refractivity contribution in [2.45, 2.75) is 143 Å². The Morgan fingerprint density at radius 2 is 0.978 bits per heavy atom. The number of halogens is 1. The molecule has 0 fully saturated rings. The van der Waals surface area contributed by atoms with Gasteiger partial charge in [-0.15, -0.1) is 5.48 Å². The van der Waals surface area contributed by atoms with E-state index in [0.717, 1.165) is 11.1 Å². The van der Waals surface area contributed by atoms with Crippen molar-refractivity contribution in [3.63, 3.8) is 0 Å². The van der Waals surface area contributed by atoms with Crippen molar-refractivity contribution in [1.29, 1.82) is 0 Å². The van der Waals surface area contributed by atoms with Crippen molar-refractivity contribution < 1.29 is 81.6 Å². The van der Waals surface area contributed by atoms with Gasteiger partial charge >= 0.3 is 0 Å². The van der Waals surface area contributed by atoms with Crippen LogP contribution in [0, 0.1) is 23.7 Å². The SMILES string of the molecule is CC(=O)CCC(=O)C(CC(C)C)NC(=O)C(CC(=O)CNC(=O)COCCOCCCC(=O)CCC(NC(=O)CN)C(=O)NCCOCCOCC(=O)NCC(=O)CC(Cc1ccccc1)C(=O)NC(CC(C)C)C(=O)CCC([O-])=PI)Cc1ccccc1. The Labute approximate surface area is 537 Å².